The van der Waals surface area contributed by atoms with Crippen LogP contribution in [0, 0.1) is 12.7 Å². The highest BCUT2D eigenvalue weighted by molar-refractivity contribution is 5.63. The summed E-state index contributed by atoms with van der Waals surface area (Å²) in [5.41, 5.74) is 4.35. The summed E-state index contributed by atoms with van der Waals surface area (Å²) in [6, 6.07) is 10.9. The molecule has 2 nitrogen and oxygen atoms in total. The third-order valence-electron chi connectivity index (χ3n) is 3.73. The first-order valence-corrected chi connectivity index (χ1v) is 6.97. The van der Waals surface area contributed by atoms with E-state index in [1.54, 1.807) is 6.07 Å². The van der Waals surface area contributed by atoms with Gasteiger partial charge in [0.25, 0.3) is 0 Å². The minimum Gasteiger partial charge on any atom is -0.487 e. The van der Waals surface area contributed by atoms with Crippen molar-refractivity contribution in [3.63, 3.8) is 0 Å². The molecule has 2 aromatic carbocycles. The fourth-order valence-corrected chi connectivity index (χ4v) is 2.57. The second kappa shape index (κ2) is 5.53. The fourth-order valence-electron chi connectivity index (χ4n) is 2.57. The molecule has 0 spiro atoms. The topological polar surface area (TPSA) is 21.3 Å². The molecule has 1 aliphatic rings. The number of ether oxygens (including phenoxy) is 1. The average molecular weight is 271 g/mol. The molecule has 20 heavy (non-hydrogen) atoms. The summed E-state index contributed by atoms with van der Waals surface area (Å²) in [6.07, 6.45) is 2.25. The number of rotatable bonds is 3. The molecular weight excluding hydrogens is 253 g/mol. The lowest BCUT2D eigenvalue weighted by Crippen LogP contribution is -2.13. The monoisotopic (exact) mass is 271 g/mol. The lowest BCUT2D eigenvalue weighted by molar-refractivity contribution is 0.306. The van der Waals surface area contributed by atoms with E-state index in [1.165, 1.54) is 17.7 Å². The quantitative estimate of drug-likeness (QED) is 0.908. The molecule has 0 radical (unpaired) electrons. The van der Waals surface area contributed by atoms with Crippen molar-refractivity contribution < 1.29 is 9.13 Å². The van der Waals surface area contributed by atoms with E-state index < -0.39 is 0 Å². The molecule has 1 N–H and O–H groups in total. The van der Waals surface area contributed by atoms with Crippen LogP contribution in [-0.2, 0) is 13.0 Å². The summed E-state index contributed by atoms with van der Waals surface area (Å²) in [4.78, 5) is 0. The first kappa shape index (κ1) is 13.0. The number of fused-ring (bicyclic) bond motifs is 1. The molecule has 2 aromatic rings. The number of hydrogen-bond acceptors (Lipinski definition) is 2. The van der Waals surface area contributed by atoms with Crippen molar-refractivity contribution in [2.24, 2.45) is 0 Å². The summed E-state index contributed by atoms with van der Waals surface area (Å²) < 4.78 is 19.0. The van der Waals surface area contributed by atoms with Gasteiger partial charge >= 0.3 is 0 Å². The van der Waals surface area contributed by atoms with E-state index in [4.69, 9.17) is 4.74 Å². The van der Waals surface area contributed by atoms with Gasteiger partial charge in [-0.25, -0.2) is 4.39 Å². The highest BCUT2D eigenvalue weighted by Gasteiger charge is 2.13. The standard InChI is InChI=1S/C17H18FNO/c1-12-10-15(18)8-7-14(12)11-20-16-6-2-4-13-5-3-9-19-17(13)16/h2,4,6-8,10,19H,3,5,9,11H2,1H3. The van der Waals surface area contributed by atoms with Crippen molar-refractivity contribution in [3.8, 4) is 5.75 Å². The van der Waals surface area contributed by atoms with E-state index in [0.717, 1.165) is 42.0 Å². The van der Waals surface area contributed by atoms with Crippen LogP contribution in [0.5, 0.6) is 5.75 Å². The molecule has 0 bridgehead atoms. The number of anilines is 1. The number of nitrogens with one attached hydrogen (secondary N) is 1. The number of halogens is 1. The molecule has 0 unspecified atom stereocenters. The molecule has 0 fully saturated rings. The van der Waals surface area contributed by atoms with Crippen LogP contribution in [0.25, 0.3) is 0 Å². The Morgan fingerprint density at radius 1 is 1.25 bits per heavy atom. The van der Waals surface area contributed by atoms with Gasteiger partial charge in [-0.05, 0) is 54.7 Å². The maximum Gasteiger partial charge on any atom is 0.143 e. The molecule has 0 aromatic heterocycles. The number of hydrogen-bond donors (Lipinski definition) is 1. The van der Waals surface area contributed by atoms with Crippen molar-refractivity contribution >= 4 is 5.69 Å². The predicted molar refractivity (Wildman–Crippen MR) is 78.7 cm³/mol. The minimum atomic E-state index is -0.204. The van der Waals surface area contributed by atoms with Gasteiger partial charge in [-0.15, -0.1) is 0 Å². The lowest BCUT2D eigenvalue weighted by atomic mass is 10.0. The molecule has 0 amide bonds. The van der Waals surface area contributed by atoms with Crippen LogP contribution < -0.4 is 10.1 Å². The molecule has 0 atom stereocenters. The molecule has 1 aliphatic heterocycles. The highest BCUT2D eigenvalue weighted by Crippen LogP contribution is 2.32. The van der Waals surface area contributed by atoms with Gasteiger partial charge in [-0.3, -0.25) is 0 Å². The molecule has 0 saturated heterocycles. The van der Waals surface area contributed by atoms with Crippen LogP contribution in [0.4, 0.5) is 10.1 Å². The molecule has 3 rings (SSSR count). The van der Waals surface area contributed by atoms with Crippen molar-refractivity contribution in [2.45, 2.75) is 26.4 Å². The van der Waals surface area contributed by atoms with E-state index in [2.05, 4.69) is 11.4 Å². The van der Waals surface area contributed by atoms with Gasteiger partial charge in [0, 0.05) is 6.54 Å². The van der Waals surface area contributed by atoms with Gasteiger partial charge in [-0.1, -0.05) is 18.2 Å². The predicted octanol–water partition coefficient (Wildman–Crippen LogP) is 4.07. The summed E-state index contributed by atoms with van der Waals surface area (Å²) in [5.74, 6) is 0.677. The Morgan fingerprint density at radius 2 is 2.15 bits per heavy atom. The maximum absolute atomic E-state index is 13.1. The van der Waals surface area contributed by atoms with E-state index in [9.17, 15) is 4.39 Å². The third-order valence-corrected chi connectivity index (χ3v) is 3.73. The molecular formula is C17H18FNO. The van der Waals surface area contributed by atoms with Crippen LogP contribution in [0.2, 0.25) is 0 Å². The smallest absolute Gasteiger partial charge is 0.143 e. The number of benzene rings is 2. The number of aryl methyl sites for hydroxylation is 2. The average Bonchev–Trinajstić information content (AvgIpc) is 2.46. The molecule has 104 valence electrons. The second-order valence-corrected chi connectivity index (χ2v) is 5.18. The first-order valence-electron chi connectivity index (χ1n) is 6.97. The Hall–Kier alpha value is -2.03. The van der Waals surface area contributed by atoms with Crippen LogP contribution >= 0.6 is 0 Å². The van der Waals surface area contributed by atoms with Gasteiger partial charge in [-0.2, -0.15) is 0 Å². The van der Waals surface area contributed by atoms with E-state index >= 15 is 0 Å². The summed E-state index contributed by atoms with van der Waals surface area (Å²) >= 11 is 0. The van der Waals surface area contributed by atoms with Crippen molar-refractivity contribution in [1.29, 1.82) is 0 Å². The Kier molecular flexibility index (Phi) is 3.59. The Labute approximate surface area is 118 Å². The number of para-hydroxylation sites is 1. The van der Waals surface area contributed by atoms with Gasteiger partial charge < -0.3 is 10.1 Å². The second-order valence-electron chi connectivity index (χ2n) is 5.18. The van der Waals surface area contributed by atoms with Crippen molar-refractivity contribution in [1.82, 2.24) is 0 Å². The van der Waals surface area contributed by atoms with Gasteiger partial charge in [0.15, 0.2) is 0 Å². The third kappa shape index (κ3) is 2.62. The van der Waals surface area contributed by atoms with Crippen LogP contribution in [0.15, 0.2) is 36.4 Å². The van der Waals surface area contributed by atoms with Crippen molar-refractivity contribution in [2.75, 3.05) is 11.9 Å². The Morgan fingerprint density at radius 3 is 3.00 bits per heavy atom. The lowest BCUT2D eigenvalue weighted by Gasteiger charge is -2.21. The zero-order chi connectivity index (χ0) is 13.9. The molecule has 3 heteroatoms. The Bertz CT molecular complexity index is 624. The fraction of sp³-hybridized carbons (Fsp3) is 0.294. The molecule has 0 aliphatic carbocycles. The molecule has 0 saturated carbocycles. The Balaban J connectivity index is 1.78. The summed E-state index contributed by atoms with van der Waals surface area (Å²) in [6.45, 7) is 3.35. The molecule has 1 heterocycles. The van der Waals surface area contributed by atoms with Gasteiger partial charge in [0.2, 0.25) is 0 Å². The zero-order valence-electron chi connectivity index (χ0n) is 11.6. The first-order chi connectivity index (χ1) is 9.74. The van der Waals surface area contributed by atoms with E-state index in [1.807, 2.05) is 19.1 Å². The van der Waals surface area contributed by atoms with Crippen LogP contribution in [-0.4, -0.2) is 6.54 Å². The normalized spacial score (nSPS) is 13.5. The summed E-state index contributed by atoms with van der Waals surface area (Å²) in [7, 11) is 0. The van der Waals surface area contributed by atoms with E-state index in [0.29, 0.717) is 6.61 Å². The van der Waals surface area contributed by atoms with Gasteiger partial charge in [0.05, 0.1) is 5.69 Å². The van der Waals surface area contributed by atoms with Gasteiger partial charge in [0.1, 0.15) is 18.2 Å². The largest absolute Gasteiger partial charge is 0.487 e. The highest BCUT2D eigenvalue weighted by atomic mass is 19.1. The SMILES string of the molecule is Cc1cc(F)ccc1COc1cccc2c1NCCC2. The maximum atomic E-state index is 13.1. The zero-order valence-corrected chi connectivity index (χ0v) is 11.6. The summed E-state index contributed by atoms with van der Waals surface area (Å²) in [5, 5.41) is 3.41. The van der Waals surface area contributed by atoms with Crippen LogP contribution in [0.3, 0.4) is 0 Å². The minimum absolute atomic E-state index is 0.204. The van der Waals surface area contributed by atoms with Crippen LogP contribution in [0.1, 0.15) is 23.1 Å². The van der Waals surface area contributed by atoms with Crippen molar-refractivity contribution in [3.05, 3.63) is 58.9 Å². The van der Waals surface area contributed by atoms with E-state index in [-0.39, 0.29) is 5.82 Å².